The normalized spacial score (nSPS) is 22.1. The average molecular weight is 346 g/mol. The number of carbonyl (C=O) groups is 1. The molecule has 3 atom stereocenters. The van der Waals surface area contributed by atoms with Crippen molar-refractivity contribution in [3.63, 3.8) is 0 Å². The Balaban J connectivity index is 1.67. The van der Waals surface area contributed by atoms with Crippen LogP contribution in [0, 0.1) is 5.92 Å². The Morgan fingerprint density at radius 1 is 1.44 bits per heavy atom. The van der Waals surface area contributed by atoms with Crippen molar-refractivity contribution in [3.8, 4) is 0 Å². The molecule has 1 unspecified atom stereocenters. The lowest BCUT2D eigenvalue weighted by molar-refractivity contribution is -0.125. The minimum Gasteiger partial charge on any atom is -0.344 e. The minimum atomic E-state index is -0.328. The zero-order valence-corrected chi connectivity index (χ0v) is 15.4. The summed E-state index contributed by atoms with van der Waals surface area (Å²) in [6.07, 6.45) is 3.80. The van der Waals surface area contributed by atoms with Gasteiger partial charge in [-0.1, -0.05) is 25.9 Å². The summed E-state index contributed by atoms with van der Waals surface area (Å²) in [5, 5.41) is 14.5. The number of amides is 1. The maximum absolute atomic E-state index is 12.8. The molecule has 3 heterocycles. The summed E-state index contributed by atoms with van der Waals surface area (Å²) < 4.78 is 7.09. The van der Waals surface area contributed by atoms with Crippen molar-refractivity contribution in [1.82, 2.24) is 30.6 Å². The van der Waals surface area contributed by atoms with Gasteiger partial charge in [0.15, 0.2) is 5.82 Å². The van der Waals surface area contributed by atoms with Crippen molar-refractivity contribution < 1.29 is 9.32 Å². The van der Waals surface area contributed by atoms with E-state index in [1.165, 1.54) is 0 Å². The number of hydrogen-bond donors (Lipinski definition) is 2. The molecule has 1 aliphatic heterocycles. The van der Waals surface area contributed by atoms with Gasteiger partial charge in [-0.25, -0.2) is 0 Å². The standard InChI is InChI=1S/C17H26N6O2/c1-10(15-21-16(22-25-15)17(2,3)4)20-14(24)13-8-18-7-12(13)11-6-19-23(5)9-11/h6,9-10,12-13,18H,7-8H2,1-5H3,(H,20,24)/t10?,12-,13+/m1/s1. The summed E-state index contributed by atoms with van der Waals surface area (Å²) in [6, 6.07) is -0.328. The van der Waals surface area contributed by atoms with Crippen molar-refractivity contribution in [2.75, 3.05) is 13.1 Å². The van der Waals surface area contributed by atoms with Gasteiger partial charge in [-0.15, -0.1) is 0 Å². The molecule has 2 N–H and O–H groups in total. The maximum atomic E-state index is 12.8. The van der Waals surface area contributed by atoms with Crippen LogP contribution >= 0.6 is 0 Å². The van der Waals surface area contributed by atoms with Gasteiger partial charge < -0.3 is 15.2 Å². The highest BCUT2D eigenvalue weighted by molar-refractivity contribution is 5.80. The molecule has 2 aromatic heterocycles. The minimum absolute atomic E-state index is 0.0122. The third-order valence-corrected chi connectivity index (χ3v) is 4.55. The van der Waals surface area contributed by atoms with Gasteiger partial charge in [-0.05, 0) is 12.5 Å². The van der Waals surface area contributed by atoms with Crippen molar-refractivity contribution in [1.29, 1.82) is 0 Å². The fraction of sp³-hybridized carbons (Fsp3) is 0.647. The summed E-state index contributed by atoms with van der Waals surface area (Å²) >= 11 is 0. The molecule has 0 aliphatic carbocycles. The lowest BCUT2D eigenvalue weighted by Gasteiger charge is -2.19. The lowest BCUT2D eigenvalue weighted by atomic mass is 9.90. The van der Waals surface area contributed by atoms with Crippen LogP contribution in [-0.4, -0.2) is 38.9 Å². The van der Waals surface area contributed by atoms with Crippen LogP contribution in [0.2, 0.25) is 0 Å². The first-order chi connectivity index (χ1) is 11.8. The lowest BCUT2D eigenvalue weighted by Crippen LogP contribution is -2.36. The van der Waals surface area contributed by atoms with Gasteiger partial charge in [-0.2, -0.15) is 10.1 Å². The van der Waals surface area contributed by atoms with E-state index in [0.29, 0.717) is 18.3 Å². The van der Waals surface area contributed by atoms with Crippen molar-refractivity contribution >= 4 is 5.91 Å². The van der Waals surface area contributed by atoms with Crippen molar-refractivity contribution in [2.45, 2.75) is 45.1 Å². The Morgan fingerprint density at radius 2 is 2.20 bits per heavy atom. The molecule has 0 spiro atoms. The molecule has 25 heavy (non-hydrogen) atoms. The number of nitrogens with zero attached hydrogens (tertiary/aromatic N) is 4. The first kappa shape index (κ1) is 17.6. The number of nitrogens with one attached hydrogen (secondary N) is 2. The summed E-state index contributed by atoms with van der Waals surface area (Å²) in [4.78, 5) is 17.2. The molecule has 2 aromatic rings. The fourth-order valence-corrected chi connectivity index (χ4v) is 3.03. The van der Waals surface area contributed by atoms with Gasteiger partial charge in [-0.3, -0.25) is 9.48 Å². The molecule has 3 rings (SSSR count). The van der Waals surface area contributed by atoms with Gasteiger partial charge in [0, 0.05) is 37.7 Å². The van der Waals surface area contributed by atoms with Gasteiger partial charge in [0.1, 0.15) is 6.04 Å². The molecule has 0 saturated carbocycles. The first-order valence-corrected chi connectivity index (χ1v) is 8.59. The van der Waals surface area contributed by atoms with E-state index >= 15 is 0 Å². The molecule has 8 nitrogen and oxygen atoms in total. The van der Waals surface area contributed by atoms with Crippen LogP contribution in [0.15, 0.2) is 16.9 Å². The Kier molecular flexibility index (Phi) is 4.64. The van der Waals surface area contributed by atoms with Gasteiger partial charge in [0.05, 0.1) is 12.1 Å². The predicted octanol–water partition coefficient (Wildman–Crippen LogP) is 1.28. The second-order valence-electron chi connectivity index (χ2n) is 7.76. The summed E-state index contributed by atoms with van der Waals surface area (Å²) in [5.41, 5.74) is 0.889. The van der Waals surface area contributed by atoms with Gasteiger partial charge in [0.2, 0.25) is 11.8 Å². The van der Waals surface area contributed by atoms with Gasteiger partial charge >= 0.3 is 0 Å². The Labute approximate surface area is 147 Å². The molecule has 1 amide bonds. The van der Waals surface area contributed by atoms with Crippen LogP contribution < -0.4 is 10.6 Å². The van der Waals surface area contributed by atoms with E-state index < -0.39 is 0 Å². The molecule has 1 aliphatic rings. The van der Waals surface area contributed by atoms with E-state index in [-0.39, 0.29) is 29.2 Å². The van der Waals surface area contributed by atoms with Crippen LogP contribution in [0.1, 0.15) is 56.9 Å². The Hall–Kier alpha value is -2.22. The molecule has 136 valence electrons. The van der Waals surface area contributed by atoms with E-state index in [2.05, 4.69) is 25.9 Å². The number of aromatic nitrogens is 4. The highest BCUT2D eigenvalue weighted by Gasteiger charge is 2.35. The molecule has 0 bridgehead atoms. The van der Waals surface area contributed by atoms with Crippen LogP contribution in [0.5, 0.6) is 0 Å². The topological polar surface area (TPSA) is 97.9 Å². The third kappa shape index (κ3) is 3.73. The molecular formula is C17H26N6O2. The largest absolute Gasteiger partial charge is 0.344 e. The van der Waals surface area contributed by atoms with Crippen LogP contribution in [0.25, 0.3) is 0 Å². The fourth-order valence-electron chi connectivity index (χ4n) is 3.03. The van der Waals surface area contributed by atoms with E-state index in [9.17, 15) is 4.79 Å². The van der Waals surface area contributed by atoms with Gasteiger partial charge in [0.25, 0.3) is 0 Å². The van der Waals surface area contributed by atoms with Crippen LogP contribution in [-0.2, 0) is 17.3 Å². The van der Waals surface area contributed by atoms with E-state index in [0.717, 1.165) is 12.1 Å². The summed E-state index contributed by atoms with van der Waals surface area (Å²) in [7, 11) is 1.88. The zero-order valence-electron chi connectivity index (χ0n) is 15.4. The Morgan fingerprint density at radius 3 is 2.80 bits per heavy atom. The second-order valence-corrected chi connectivity index (χ2v) is 7.76. The van der Waals surface area contributed by atoms with Crippen LogP contribution in [0.4, 0.5) is 0 Å². The number of aryl methyl sites for hydroxylation is 1. The van der Waals surface area contributed by atoms with Crippen LogP contribution in [0.3, 0.4) is 0 Å². The summed E-state index contributed by atoms with van der Waals surface area (Å²) in [6.45, 7) is 9.34. The molecule has 8 heteroatoms. The number of hydrogen-bond acceptors (Lipinski definition) is 6. The molecular weight excluding hydrogens is 320 g/mol. The zero-order chi connectivity index (χ0) is 18.2. The van der Waals surface area contributed by atoms with E-state index in [1.807, 2.05) is 47.1 Å². The average Bonchev–Trinajstić information content (AvgIpc) is 3.26. The number of carbonyl (C=O) groups excluding carboxylic acids is 1. The summed E-state index contributed by atoms with van der Waals surface area (Å²) in [5.74, 6) is 1.04. The van der Waals surface area contributed by atoms with E-state index in [1.54, 1.807) is 4.68 Å². The van der Waals surface area contributed by atoms with Crippen molar-refractivity contribution in [2.24, 2.45) is 13.0 Å². The molecule has 0 radical (unpaired) electrons. The second kappa shape index (κ2) is 6.59. The highest BCUT2D eigenvalue weighted by Crippen LogP contribution is 2.28. The SMILES string of the molecule is CC(NC(=O)[C@H]1CNC[C@@H]1c1cnn(C)c1)c1nc(C(C)(C)C)no1. The number of rotatable bonds is 4. The molecule has 0 aromatic carbocycles. The predicted molar refractivity (Wildman–Crippen MR) is 91.9 cm³/mol. The highest BCUT2D eigenvalue weighted by atomic mass is 16.5. The third-order valence-electron chi connectivity index (χ3n) is 4.55. The quantitative estimate of drug-likeness (QED) is 0.865. The molecule has 1 fully saturated rings. The maximum Gasteiger partial charge on any atom is 0.248 e. The van der Waals surface area contributed by atoms with Crippen molar-refractivity contribution in [3.05, 3.63) is 29.7 Å². The first-order valence-electron chi connectivity index (χ1n) is 8.59. The smallest absolute Gasteiger partial charge is 0.248 e. The molecule has 1 saturated heterocycles. The monoisotopic (exact) mass is 346 g/mol. The Bertz CT molecular complexity index is 744. The van der Waals surface area contributed by atoms with E-state index in [4.69, 9.17) is 4.52 Å².